The molecule has 1 saturated carbocycles. The zero-order valence-electron chi connectivity index (χ0n) is 25.5. The van der Waals surface area contributed by atoms with Crippen LogP contribution in [0.4, 0.5) is 0 Å². The molecule has 2 heterocycles. The molecule has 1 aliphatic heterocycles. The highest BCUT2D eigenvalue weighted by atomic mass is 32.2. The molecule has 0 spiro atoms. The van der Waals surface area contributed by atoms with Crippen molar-refractivity contribution in [3.05, 3.63) is 83.9 Å². The van der Waals surface area contributed by atoms with E-state index in [9.17, 15) is 13.2 Å². The number of fused-ring (bicyclic) bond motifs is 1. The molecule has 9 nitrogen and oxygen atoms in total. The van der Waals surface area contributed by atoms with Gasteiger partial charge in [0.2, 0.25) is 15.9 Å². The van der Waals surface area contributed by atoms with Crippen molar-refractivity contribution >= 4 is 27.0 Å². The maximum atomic E-state index is 13.3. The van der Waals surface area contributed by atoms with Crippen LogP contribution in [0.2, 0.25) is 0 Å². The number of amides is 1. The van der Waals surface area contributed by atoms with Gasteiger partial charge in [0.1, 0.15) is 5.82 Å². The number of aromatic nitrogens is 2. The Kier molecular flexibility index (Phi) is 9.13. The van der Waals surface area contributed by atoms with Crippen LogP contribution in [0.3, 0.4) is 0 Å². The summed E-state index contributed by atoms with van der Waals surface area (Å²) in [6.07, 6.45) is 2.55. The van der Waals surface area contributed by atoms with Crippen LogP contribution in [-0.4, -0.2) is 73.4 Å². The third kappa shape index (κ3) is 7.21. The number of hydrogen-bond donors (Lipinski definition) is 3. The minimum Gasteiger partial charge on any atom is -0.349 e. The molecule has 1 amide bonds. The predicted molar refractivity (Wildman–Crippen MR) is 173 cm³/mol. The fourth-order valence-corrected chi connectivity index (χ4v) is 7.57. The molecule has 6 rings (SSSR count). The SMILES string of the molecule is C[C@@H](NC(=O)C1CCC(NS(=O)(=O)c2ccc3nc(-c4ccc(CN5CCN(C)CC5)cc4)[nH]c3c2)CC1)c1ccccc1. The van der Waals surface area contributed by atoms with Gasteiger partial charge in [0.05, 0.1) is 22.0 Å². The van der Waals surface area contributed by atoms with E-state index in [-0.39, 0.29) is 28.8 Å². The lowest BCUT2D eigenvalue weighted by atomic mass is 9.85. The normalized spacial score (nSPS) is 20.9. The Hall–Kier alpha value is -3.57. The van der Waals surface area contributed by atoms with Crippen LogP contribution in [0, 0.1) is 5.92 Å². The van der Waals surface area contributed by atoms with Crippen LogP contribution in [0.1, 0.15) is 49.8 Å². The van der Waals surface area contributed by atoms with E-state index in [0.717, 1.165) is 49.4 Å². The fourth-order valence-electron chi connectivity index (χ4n) is 6.24. The zero-order valence-corrected chi connectivity index (χ0v) is 26.3. The summed E-state index contributed by atoms with van der Waals surface area (Å²) in [7, 11) is -1.56. The number of hydrogen-bond acceptors (Lipinski definition) is 6. The molecule has 3 aromatic carbocycles. The second kappa shape index (κ2) is 13.2. The van der Waals surface area contributed by atoms with Gasteiger partial charge in [-0.2, -0.15) is 0 Å². The standard InChI is InChI=1S/C34H42N6O3S/c1-24(26-6-4-3-5-7-26)35-34(41)28-12-14-29(15-13-28)38-44(42,43)30-16-17-31-32(22-30)37-33(36-31)27-10-8-25(9-11-27)23-40-20-18-39(2)19-21-40/h3-11,16-17,22,24,28-29,38H,12-15,18-21,23H2,1-2H3,(H,35,41)(H,36,37)/t24-,28?,29?/m1/s1. The first-order valence-electron chi connectivity index (χ1n) is 15.6. The van der Waals surface area contributed by atoms with E-state index in [1.54, 1.807) is 18.2 Å². The van der Waals surface area contributed by atoms with Gasteiger partial charge in [0.25, 0.3) is 0 Å². The summed E-state index contributed by atoms with van der Waals surface area (Å²) in [5.41, 5.74) is 4.70. The van der Waals surface area contributed by atoms with Gasteiger partial charge in [-0.05, 0) is 69.0 Å². The lowest BCUT2D eigenvalue weighted by Crippen LogP contribution is -2.43. The van der Waals surface area contributed by atoms with E-state index < -0.39 is 10.0 Å². The summed E-state index contributed by atoms with van der Waals surface area (Å²) in [4.78, 5) is 25.9. The number of aromatic amines is 1. The third-order valence-corrected chi connectivity index (χ3v) is 10.6. The highest BCUT2D eigenvalue weighted by Gasteiger charge is 2.30. The molecule has 0 unspecified atom stereocenters. The quantitative estimate of drug-likeness (QED) is 0.252. The number of sulfonamides is 1. The Morgan fingerprint density at radius 3 is 2.36 bits per heavy atom. The van der Waals surface area contributed by atoms with Gasteiger partial charge in [-0.3, -0.25) is 9.69 Å². The third-order valence-electron chi connectivity index (χ3n) is 9.07. The van der Waals surface area contributed by atoms with Crippen molar-refractivity contribution in [2.45, 2.75) is 56.1 Å². The molecule has 44 heavy (non-hydrogen) atoms. The van der Waals surface area contributed by atoms with Crippen molar-refractivity contribution in [1.82, 2.24) is 29.8 Å². The maximum Gasteiger partial charge on any atom is 0.240 e. The van der Waals surface area contributed by atoms with Crippen molar-refractivity contribution in [2.75, 3.05) is 33.2 Å². The summed E-state index contributed by atoms with van der Waals surface area (Å²) in [5, 5.41) is 3.12. The number of benzene rings is 3. The van der Waals surface area contributed by atoms with Crippen molar-refractivity contribution < 1.29 is 13.2 Å². The first-order chi connectivity index (χ1) is 21.2. The minimum absolute atomic E-state index is 0.0350. The fraction of sp³-hybridized carbons (Fsp3) is 0.412. The number of H-pyrrole nitrogens is 1. The zero-order chi connectivity index (χ0) is 30.7. The lowest BCUT2D eigenvalue weighted by Gasteiger charge is -2.32. The number of rotatable bonds is 9. The maximum absolute atomic E-state index is 13.3. The molecule has 10 heteroatoms. The highest BCUT2D eigenvalue weighted by Crippen LogP contribution is 2.28. The predicted octanol–water partition coefficient (Wildman–Crippen LogP) is 4.69. The Balaban J connectivity index is 1.04. The first-order valence-corrected chi connectivity index (χ1v) is 17.1. The minimum atomic E-state index is -3.73. The summed E-state index contributed by atoms with van der Waals surface area (Å²) in [6, 6.07) is 23.1. The smallest absolute Gasteiger partial charge is 0.240 e. The van der Waals surface area contributed by atoms with Crippen LogP contribution in [0.15, 0.2) is 77.7 Å². The number of nitrogens with zero attached hydrogens (tertiary/aromatic N) is 3. The molecule has 1 saturated heterocycles. The second-order valence-corrected chi connectivity index (χ2v) is 14.1. The van der Waals surface area contributed by atoms with Crippen molar-refractivity contribution in [1.29, 1.82) is 0 Å². The second-order valence-electron chi connectivity index (χ2n) is 12.4. The largest absolute Gasteiger partial charge is 0.349 e. The van der Waals surface area contributed by atoms with Crippen molar-refractivity contribution in [3.8, 4) is 11.4 Å². The number of carbonyl (C=O) groups excluding carboxylic acids is 1. The van der Waals surface area contributed by atoms with Crippen LogP contribution in [-0.2, 0) is 21.4 Å². The molecule has 3 N–H and O–H groups in total. The van der Waals surface area contributed by atoms with Crippen LogP contribution < -0.4 is 10.0 Å². The number of imidazole rings is 1. The molecule has 0 radical (unpaired) electrons. The van der Waals surface area contributed by atoms with Gasteiger partial charge in [-0.15, -0.1) is 0 Å². The molecule has 4 aromatic rings. The van der Waals surface area contributed by atoms with Crippen LogP contribution >= 0.6 is 0 Å². The van der Waals surface area contributed by atoms with E-state index in [2.05, 4.69) is 56.1 Å². The van der Waals surface area contributed by atoms with E-state index in [4.69, 9.17) is 4.98 Å². The van der Waals surface area contributed by atoms with Gasteiger partial charge in [-0.25, -0.2) is 18.1 Å². The first kappa shape index (κ1) is 30.5. The van der Waals surface area contributed by atoms with E-state index in [1.807, 2.05) is 37.3 Å². The van der Waals surface area contributed by atoms with E-state index in [0.29, 0.717) is 37.0 Å². The molecule has 2 aliphatic rings. The molecule has 1 atom stereocenters. The van der Waals surface area contributed by atoms with Crippen LogP contribution in [0.25, 0.3) is 22.4 Å². The Bertz CT molecular complexity index is 1670. The van der Waals surface area contributed by atoms with Crippen molar-refractivity contribution in [2.24, 2.45) is 5.92 Å². The van der Waals surface area contributed by atoms with Gasteiger partial charge in [-0.1, -0.05) is 54.6 Å². The highest BCUT2D eigenvalue weighted by molar-refractivity contribution is 7.89. The summed E-state index contributed by atoms with van der Waals surface area (Å²) in [6.45, 7) is 7.27. The van der Waals surface area contributed by atoms with Crippen LogP contribution in [0.5, 0.6) is 0 Å². The van der Waals surface area contributed by atoms with Crippen molar-refractivity contribution in [3.63, 3.8) is 0 Å². The van der Waals surface area contributed by atoms with Gasteiger partial charge in [0.15, 0.2) is 0 Å². The molecule has 2 fully saturated rings. The van der Waals surface area contributed by atoms with Gasteiger partial charge in [0, 0.05) is 50.2 Å². The number of piperazine rings is 1. The molecule has 1 aromatic heterocycles. The molecule has 232 valence electrons. The number of nitrogens with one attached hydrogen (secondary N) is 3. The summed E-state index contributed by atoms with van der Waals surface area (Å²) in [5.74, 6) is 0.641. The average molecular weight is 615 g/mol. The Labute approximate surface area is 260 Å². The number of carbonyl (C=O) groups is 1. The van der Waals surface area contributed by atoms with E-state index >= 15 is 0 Å². The lowest BCUT2D eigenvalue weighted by molar-refractivity contribution is -0.126. The average Bonchev–Trinajstić information content (AvgIpc) is 3.47. The monoisotopic (exact) mass is 614 g/mol. The van der Waals surface area contributed by atoms with Gasteiger partial charge < -0.3 is 15.2 Å². The van der Waals surface area contributed by atoms with Gasteiger partial charge >= 0.3 is 0 Å². The summed E-state index contributed by atoms with van der Waals surface area (Å²) >= 11 is 0. The molecule has 0 bridgehead atoms. The number of likely N-dealkylation sites (N-methyl/N-ethyl adjacent to an activating group) is 1. The Morgan fingerprint density at radius 2 is 1.66 bits per heavy atom. The Morgan fingerprint density at radius 1 is 0.955 bits per heavy atom. The molecular formula is C34H42N6O3S. The molecule has 1 aliphatic carbocycles. The summed E-state index contributed by atoms with van der Waals surface area (Å²) < 4.78 is 29.5. The molecular weight excluding hydrogens is 572 g/mol. The van der Waals surface area contributed by atoms with E-state index in [1.165, 1.54) is 5.56 Å². The topological polar surface area (TPSA) is 110 Å².